The first-order valence-electron chi connectivity index (χ1n) is 22.6. The SMILES string of the molecule is COc1cc2nc(C)nc(N[C@H](C)c3cc(N)cc(C(F)(F)F)c3)c2cc1C1CCC(C(=O)N2CCN(CC#CC3CCN(C(=O)c4ccc(Cl)c(-n5ccc(=O)[nH]c5=O)c4)CC3)CC2)CC1. The molecule has 3 aromatic carbocycles. The third kappa shape index (κ3) is 10.8. The van der Waals surface area contributed by atoms with Crippen molar-refractivity contribution in [3.05, 3.63) is 115 Å². The number of piperidine rings is 1. The molecule has 0 radical (unpaired) electrons. The first kappa shape index (κ1) is 47.1. The summed E-state index contributed by atoms with van der Waals surface area (Å²) in [5.74, 6) is 8.70. The van der Waals surface area contributed by atoms with E-state index in [1.165, 1.54) is 22.9 Å². The van der Waals surface area contributed by atoms with Crippen LogP contribution in [0.5, 0.6) is 5.75 Å². The smallest absolute Gasteiger partial charge is 0.416 e. The third-order valence-corrected chi connectivity index (χ3v) is 13.5. The molecular formula is C49H53ClF3N9O5. The van der Waals surface area contributed by atoms with Gasteiger partial charge in [-0.3, -0.25) is 28.8 Å². The number of benzene rings is 3. The maximum Gasteiger partial charge on any atom is 0.416 e. The van der Waals surface area contributed by atoms with Gasteiger partial charge in [-0.1, -0.05) is 23.4 Å². The number of hydrogen-bond acceptors (Lipinski definition) is 10. The number of nitrogens with one attached hydrogen (secondary N) is 2. The number of nitrogens with zero attached hydrogens (tertiary/aromatic N) is 6. The zero-order valence-corrected chi connectivity index (χ0v) is 38.3. The third-order valence-electron chi connectivity index (χ3n) is 13.2. The summed E-state index contributed by atoms with van der Waals surface area (Å²) in [6, 6.07) is 12.9. The highest BCUT2D eigenvalue weighted by molar-refractivity contribution is 6.32. The van der Waals surface area contributed by atoms with Crippen molar-refractivity contribution in [2.75, 3.05) is 64.0 Å². The Kier molecular flexibility index (Phi) is 14.0. The number of methoxy groups -OCH3 is 1. The van der Waals surface area contributed by atoms with Crippen molar-refractivity contribution in [1.29, 1.82) is 0 Å². The average molecular weight is 940 g/mol. The van der Waals surface area contributed by atoms with E-state index in [-0.39, 0.29) is 40.3 Å². The maximum absolute atomic E-state index is 13.8. The molecule has 4 N–H and O–H groups in total. The zero-order chi connectivity index (χ0) is 47.6. The Hall–Kier alpha value is -6.38. The number of amides is 2. The number of fused-ring (bicyclic) bond motifs is 1. The fraction of sp³-hybridized carbons (Fsp3) is 0.429. The van der Waals surface area contributed by atoms with Crippen molar-refractivity contribution >= 4 is 45.8 Å². The van der Waals surface area contributed by atoms with Gasteiger partial charge >= 0.3 is 11.9 Å². The number of halogens is 4. The van der Waals surface area contributed by atoms with Gasteiger partial charge in [-0.05, 0) is 112 Å². The average Bonchev–Trinajstić information content (AvgIpc) is 3.31. The van der Waals surface area contributed by atoms with Crippen LogP contribution in [-0.2, 0) is 11.0 Å². The Labute approximate surface area is 390 Å². The Morgan fingerprint density at radius 3 is 2.36 bits per heavy atom. The van der Waals surface area contributed by atoms with Gasteiger partial charge in [0.2, 0.25) is 5.91 Å². The number of aryl methyl sites for hydroxylation is 1. The van der Waals surface area contributed by atoms with E-state index >= 15 is 0 Å². The molecule has 2 saturated heterocycles. The van der Waals surface area contributed by atoms with Gasteiger partial charge in [0.15, 0.2) is 0 Å². The quantitative estimate of drug-likeness (QED) is 0.102. The minimum absolute atomic E-state index is 0.0231. The fourth-order valence-corrected chi connectivity index (χ4v) is 9.67. The second kappa shape index (κ2) is 19.8. The molecule has 1 saturated carbocycles. The molecule has 18 heteroatoms. The van der Waals surface area contributed by atoms with E-state index < -0.39 is 29.0 Å². The van der Waals surface area contributed by atoms with Gasteiger partial charge < -0.3 is 25.6 Å². The summed E-state index contributed by atoms with van der Waals surface area (Å²) >= 11 is 6.35. The molecule has 352 valence electrons. The number of ether oxygens (including phenoxy) is 1. The van der Waals surface area contributed by atoms with Crippen LogP contribution < -0.4 is 27.0 Å². The number of aromatic amines is 1. The van der Waals surface area contributed by atoms with Crippen molar-refractivity contribution in [2.45, 2.75) is 70.5 Å². The van der Waals surface area contributed by atoms with Crippen LogP contribution in [0.25, 0.3) is 16.6 Å². The monoisotopic (exact) mass is 939 g/mol. The van der Waals surface area contributed by atoms with E-state index in [2.05, 4.69) is 37.0 Å². The first-order valence-corrected chi connectivity index (χ1v) is 22.9. The molecule has 14 nitrogen and oxygen atoms in total. The van der Waals surface area contributed by atoms with Gasteiger partial charge in [0.05, 0.1) is 41.5 Å². The number of nitrogen functional groups attached to an aromatic ring is 1. The molecule has 0 unspecified atom stereocenters. The van der Waals surface area contributed by atoms with Crippen LogP contribution in [0.15, 0.2) is 70.4 Å². The number of hydrogen-bond donors (Lipinski definition) is 3. The molecule has 3 fully saturated rings. The molecule has 2 amide bonds. The molecule has 8 rings (SSSR count). The first-order chi connectivity index (χ1) is 32.0. The molecule has 3 aliphatic rings. The van der Waals surface area contributed by atoms with Crippen LogP contribution in [0.4, 0.5) is 24.7 Å². The van der Waals surface area contributed by atoms with Crippen LogP contribution in [0.3, 0.4) is 0 Å². The van der Waals surface area contributed by atoms with E-state index in [4.69, 9.17) is 22.1 Å². The molecule has 5 aromatic rings. The minimum Gasteiger partial charge on any atom is -0.496 e. The topological polar surface area (TPSA) is 172 Å². The second-order valence-electron chi connectivity index (χ2n) is 17.7. The lowest BCUT2D eigenvalue weighted by Crippen LogP contribution is -2.50. The summed E-state index contributed by atoms with van der Waals surface area (Å²) in [5, 5.41) is 4.31. The van der Waals surface area contributed by atoms with Crippen LogP contribution in [-0.4, -0.2) is 99.0 Å². The lowest BCUT2D eigenvalue weighted by Gasteiger charge is -2.37. The van der Waals surface area contributed by atoms with Crippen LogP contribution in [0, 0.1) is 30.6 Å². The standard InChI is InChI=1S/C49H53ClF3N9O5/c1-29(35-23-36(49(51,52)53)26-37(54)24-35)55-45-39-27-38(43(67-3)28-41(39)56-30(2)57-45)32-6-8-33(9-7-32)46(64)61-21-19-59(20-22-61)15-4-5-31-12-16-60(17-13-31)47(65)34-10-11-40(50)42(25-34)62-18-14-44(63)58-48(62)66/h10-11,14,18,23-29,31-33H,6-9,12-13,15-17,19-22,54H2,1-3H3,(H,55,56,57)(H,58,63,66)/t29-,32?,33?/m1/s1. The molecule has 2 aromatic heterocycles. The molecule has 1 atom stereocenters. The Morgan fingerprint density at radius 1 is 0.940 bits per heavy atom. The van der Waals surface area contributed by atoms with Gasteiger partial charge in [0, 0.05) is 86.1 Å². The van der Waals surface area contributed by atoms with E-state index in [9.17, 15) is 32.3 Å². The zero-order valence-electron chi connectivity index (χ0n) is 37.6. The minimum atomic E-state index is -4.53. The van der Waals surface area contributed by atoms with Gasteiger partial charge in [0.1, 0.15) is 17.4 Å². The number of likely N-dealkylation sites (tertiary alicyclic amines) is 1. The number of piperazine rings is 1. The van der Waals surface area contributed by atoms with Gasteiger partial charge in [-0.25, -0.2) is 14.8 Å². The molecule has 2 aliphatic heterocycles. The second-order valence-corrected chi connectivity index (χ2v) is 18.1. The maximum atomic E-state index is 13.8. The van der Waals surface area contributed by atoms with Crippen molar-refractivity contribution in [3.8, 4) is 23.3 Å². The van der Waals surface area contributed by atoms with Gasteiger partial charge in [-0.15, -0.1) is 0 Å². The van der Waals surface area contributed by atoms with Crippen molar-refractivity contribution < 1.29 is 27.5 Å². The Bertz CT molecular complexity index is 2850. The number of rotatable bonds is 9. The summed E-state index contributed by atoms with van der Waals surface area (Å²) in [6.45, 7) is 7.99. The summed E-state index contributed by atoms with van der Waals surface area (Å²) in [5.41, 5.74) is 6.62. The lowest BCUT2D eigenvalue weighted by molar-refractivity contribution is -0.138. The van der Waals surface area contributed by atoms with E-state index in [0.717, 1.165) is 74.7 Å². The number of carbonyl (C=O) groups is 2. The highest BCUT2D eigenvalue weighted by atomic mass is 35.5. The predicted octanol–water partition coefficient (Wildman–Crippen LogP) is 7.19. The molecule has 67 heavy (non-hydrogen) atoms. The number of alkyl halides is 3. The van der Waals surface area contributed by atoms with Crippen molar-refractivity contribution in [1.82, 2.24) is 34.2 Å². The van der Waals surface area contributed by atoms with E-state index in [1.807, 2.05) is 17.0 Å². The number of H-pyrrole nitrogens is 1. The molecule has 4 heterocycles. The lowest BCUT2D eigenvalue weighted by atomic mass is 9.77. The molecule has 0 spiro atoms. The van der Waals surface area contributed by atoms with Crippen LogP contribution in [0.2, 0.25) is 5.02 Å². The van der Waals surface area contributed by atoms with Crippen LogP contribution >= 0.6 is 11.6 Å². The largest absolute Gasteiger partial charge is 0.496 e. The van der Waals surface area contributed by atoms with Crippen molar-refractivity contribution in [3.63, 3.8) is 0 Å². The Morgan fingerprint density at radius 2 is 1.67 bits per heavy atom. The Balaban J connectivity index is 0.815. The summed E-state index contributed by atoms with van der Waals surface area (Å²) in [7, 11) is 1.62. The van der Waals surface area contributed by atoms with Gasteiger partial charge in [-0.2, -0.15) is 13.2 Å². The summed E-state index contributed by atoms with van der Waals surface area (Å²) in [4.78, 5) is 68.7. The molecule has 1 aliphatic carbocycles. The van der Waals surface area contributed by atoms with E-state index in [0.29, 0.717) is 72.4 Å². The molecular weight excluding hydrogens is 887 g/mol. The normalized spacial score (nSPS) is 18.9. The summed E-state index contributed by atoms with van der Waals surface area (Å²) < 4.78 is 47.9. The highest BCUT2D eigenvalue weighted by Crippen LogP contribution is 2.43. The highest BCUT2D eigenvalue weighted by Gasteiger charge is 2.34. The number of carbonyl (C=O) groups excluding carboxylic acids is 2. The van der Waals surface area contributed by atoms with Crippen LogP contribution in [0.1, 0.15) is 90.3 Å². The van der Waals surface area contributed by atoms with Gasteiger partial charge in [0.25, 0.3) is 11.5 Å². The van der Waals surface area contributed by atoms with Crippen molar-refractivity contribution in [2.24, 2.45) is 11.8 Å². The predicted molar refractivity (Wildman–Crippen MR) is 251 cm³/mol. The number of aromatic nitrogens is 4. The molecule has 0 bridgehead atoms. The summed E-state index contributed by atoms with van der Waals surface area (Å²) in [6.07, 6.45) is 1.33. The number of nitrogens with two attached hydrogens (primary N) is 1. The number of anilines is 2. The van der Waals surface area contributed by atoms with E-state index in [1.54, 1.807) is 44.1 Å². The fourth-order valence-electron chi connectivity index (χ4n) is 9.46.